The van der Waals surface area contributed by atoms with E-state index in [9.17, 15) is 26.3 Å². The van der Waals surface area contributed by atoms with Crippen LogP contribution in [0.5, 0.6) is 0 Å². The first kappa shape index (κ1) is 12.5. The minimum absolute atomic E-state index is 0.0415. The molecule has 0 heterocycles. The Labute approximate surface area is 70.7 Å². The van der Waals surface area contributed by atoms with E-state index >= 15 is 0 Å². The van der Waals surface area contributed by atoms with Crippen molar-refractivity contribution in [1.29, 1.82) is 0 Å². The van der Waals surface area contributed by atoms with Gasteiger partial charge in [0, 0.05) is 0 Å². The second kappa shape index (κ2) is 4.17. The average molecular weight is 209 g/mol. The first-order valence-electron chi connectivity index (χ1n) is 3.30. The maximum atomic E-state index is 12.2. The molecule has 1 radical (unpaired) electrons. The van der Waals surface area contributed by atoms with E-state index in [0.717, 1.165) is 0 Å². The second-order valence-corrected chi connectivity index (χ2v) is 2.16. The molecule has 0 aromatic carbocycles. The predicted octanol–water partition coefficient (Wildman–Crippen LogP) is 3.07. The highest BCUT2D eigenvalue weighted by Gasteiger charge is 2.58. The van der Waals surface area contributed by atoms with E-state index in [0.29, 0.717) is 6.61 Å². The summed E-state index contributed by atoms with van der Waals surface area (Å²) >= 11 is 0. The molecular weight excluding hydrogens is 202 g/mol. The molecule has 0 aromatic heterocycles. The number of hydrogen-bond donors (Lipinski definition) is 0. The third kappa shape index (κ3) is 3.84. The van der Waals surface area contributed by atoms with Crippen molar-refractivity contribution < 1.29 is 31.1 Å². The van der Waals surface area contributed by atoms with E-state index in [1.807, 2.05) is 0 Å². The van der Waals surface area contributed by atoms with Gasteiger partial charge in [0.2, 0.25) is 0 Å². The molecule has 1 nitrogen and oxygen atoms in total. The molecule has 7 heteroatoms. The topological polar surface area (TPSA) is 9.23 Å². The van der Waals surface area contributed by atoms with Crippen LogP contribution in [-0.4, -0.2) is 18.5 Å². The fourth-order valence-electron chi connectivity index (χ4n) is 0.445. The van der Waals surface area contributed by atoms with Gasteiger partial charge in [-0.15, -0.1) is 0 Å². The zero-order chi connectivity index (χ0) is 10.7. The number of rotatable bonds is 4. The molecular formula is C6H7F6O. The summed E-state index contributed by atoms with van der Waals surface area (Å²) in [5.74, 6) is 0. The van der Waals surface area contributed by atoms with Crippen LogP contribution in [0.4, 0.5) is 26.3 Å². The number of halogens is 6. The maximum absolute atomic E-state index is 12.2. The van der Waals surface area contributed by atoms with Crippen LogP contribution < -0.4 is 0 Å². The third-order valence-electron chi connectivity index (χ3n) is 0.990. The molecule has 0 N–H and O–H groups in total. The molecule has 0 aromatic rings. The van der Waals surface area contributed by atoms with Gasteiger partial charge in [-0.25, -0.2) is 4.39 Å². The fourth-order valence-corrected chi connectivity index (χ4v) is 0.445. The molecule has 0 bridgehead atoms. The molecule has 79 valence electrons. The lowest BCUT2D eigenvalue weighted by Crippen LogP contribution is -2.43. The SMILES string of the molecule is CC[CH]OC(F)(F)C(F)C(F)(F)F. The zero-order valence-electron chi connectivity index (χ0n) is 6.54. The summed E-state index contributed by atoms with van der Waals surface area (Å²) in [6.45, 7) is 1.77. The number of ether oxygens (including phenoxy) is 1. The fraction of sp³-hybridized carbons (Fsp3) is 0.833. The van der Waals surface area contributed by atoms with Crippen LogP contribution in [0, 0.1) is 6.61 Å². The van der Waals surface area contributed by atoms with Crippen molar-refractivity contribution in [3.63, 3.8) is 0 Å². The molecule has 1 atom stereocenters. The first-order chi connectivity index (χ1) is 5.72. The molecule has 13 heavy (non-hydrogen) atoms. The molecule has 0 aliphatic rings. The molecule has 0 aliphatic heterocycles. The lowest BCUT2D eigenvalue weighted by atomic mass is 10.3. The number of alkyl halides is 6. The van der Waals surface area contributed by atoms with Crippen LogP contribution in [0.15, 0.2) is 0 Å². The van der Waals surface area contributed by atoms with Gasteiger partial charge in [-0.3, -0.25) is 0 Å². The standard InChI is InChI=1S/C6H7F6O/c1-2-3-13-6(11,12)4(7)5(8,9)10/h3-4H,2H2,1H3. The second-order valence-electron chi connectivity index (χ2n) is 2.16. The Morgan fingerprint density at radius 2 is 1.69 bits per heavy atom. The van der Waals surface area contributed by atoms with E-state index in [2.05, 4.69) is 4.74 Å². The molecule has 0 fully saturated rings. The Morgan fingerprint density at radius 1 is 1.23 bits per heavy atom. The van der Waals surface area contributed by atoms with Gasteiger partial charge in [0.25, 0.3) is 6.17 Å². The molecule has 1 unspecified atom stereocenters. The zero-order valence-corrected chi connectivity index (χ0v) is 6.54. The smallest absolute Gasteiger partial charge is 0.312 e. The largest absolute Gasteiger partial charge is 0.428 e. The van der Waals surface area contributed by atoms with Gasteiger partial charge in [0.05, 0.1) is 6.61 Å². The number of hydrogen-bond acceptors (Lipinski definition) is 1. The third-order valence-corrected chi connectivity index (χ3v) is 0.990. The van der Waals surface area contributed by atoms with Crippen molar-refractivity contribution >= 4 is 0 Å². The predicted molar refractivity (Wildman–Crippen MR) is 31.6 cm³/mol. The Bertz CT molecular complexity index is 154. The lowest BCUT2D eigenvalue weighted by molar-refractivity contribution is -0.325. The highest BCUT2D eigenvalue weighted by Crippen LogP contribution is 2.36. The molecule has 0 amide bonds. The molecule has 0 saturated carbocycles. The van der Waals surface area contributed by atoms with Crippen LogP contribution in [-0.2, 0) is 4.74 Å². The summed E-state index contributed by atoms with van der Waals surface area (Å²) in [5, 5.41) is 0. The summed E-state index contributed by atoms with van der Waals surface area (Å²) in [6, 6.07) is 0. The summed E-state index contributed by atoms with van der Waals surface area (Å²) in [4.78, 5) is 0. The van der Waals surface area contributed by atoms with Crippen molar-refractivity contribution in [3.05, 3.63) is 6.61 Å². The van der Waals surface area contributed by atoms with Gasteiger partial charge in [0.1, 0.15) is 0 Å². The van der Waals surface area contributed by atoms with Crippen molar-refractivity contribution in [1.82, 2.24) is 0 Å². The molecule has 0 aliphatic carbocycles. The Morgan fingerprint density at radius 3 is 2.00 bits per heavy atom. The van der Waals surface area contributed by atoms with Gasteiger partial charge in [0.15, 0.2) is 0 Å². The van der Waals surface area contributed by atoms with E-state index in [-0.39, 0.29) is 6.42 Å². The van der Waals surface area contributed by atoms with Gasteiger partial charge in [-0.05, 0) is 6.42 Å². The Kier molecular flexibility index (Phi) is 4.02. The molecule has 0 spiro atoms. The normalized spacial score (nSPS) is 15.9. The Hall–Kier alpha value is -0.460. The van der Waals surface area contributed by atoms with Gasteiger partial charge in [-0.2, -0.15) is 22.0 Å². The van der Waals surface area contributed by atoms with E-state index in [1.165, 1.54) is 6.92 Å². The highest BCUT2D eigenvalue weighted by molar-refractivity contribution is 4.76. The molecule has 0 saturated heterocycles. The minimum Gasteiger partial charge on any atom is -0.312 e. The van der Waals surface area contributed by atoms with Crippen LogP contribution in [0.25, 0.3) is 0 Å². The minimum atomic E-state index is -5.62. The van der Waals surface area contributed by atoms with Crippen molar-refractivity contribution in [2.75, 3.05) is 0 Å². The Balaban J connectivity index is 4.27. The monoisotopic (exact) mass is 209 g/mol. The van der Waals surface area contributed by atoms with Gasteiger partial charge < -0.3 is 4.74 Å². The van der Waals surface area contributed by atoms with E-state index < -0.39 is 18.5 Å². The van der Waals surface area contributed by atoms with E-state index in [4.69, 9.17) is 0 Å². The quantitative estimate of drug-likeness (QED) is 0.646. The van der Waals surface area contributed by atoms with E-state index in [1.54, 1.807) is 0 Å². The lowest BCUT2D eigenvalue weighted by Gasteiger charge is -2.21. The van der Waals surface area contributed by atoms with Crippen LogP contribution >= 0.6 is 0 Å². The van der Waals surface area contributed by atoms with Gasteiger partial charge in [-0.1, -0.05) is 6.92 Å². The van der Waals surface area contributed by atoms with Crippen LogP contribution in [0.1, 0.15) is 13.3 Å². The van der Waals surface area contributed by atoms with Crippen LogP contribution in [0.3, 0.4) is 0 Å². The summed E-state index contributed by atoms with van der Waals surface area (Å²) < 4.78 is 73.9. The van der Waals surface area contributed by atoms with Crippen LogP contribution in [0.2, 0.25) is 0 Å². The highest BCUT2D eigenvalue weighted by atomic mass is 19.4. The molecule has 0 rings (SSSR count). The summed E-state index contributed by atoms with van der Waals surface area (Å²) in [5.41, 5.74) is 0. The van der Waals surface area contributed by atoms with Crippen molar-refractivity contribution in [2.24, 2.45) is 0 Å². The van der Waals surface area contributed by atoms with Crippen molar-refractivity contribution in [3.8, 4) is 0 Å². The maximum Gasteiger partial charge on any atom is 0.428 e. The first-order valence-corrected chi connectivity index (χ1v) is 3.30. The van der Waals surface area contributed by atoms with Gasteiger partial charge >= 0.3 is 12.3 Å². The average Bonchev–Trinajstić information content (AvgIpc) is 1.98. The van der Waals surface area contributed by atoms with Crippen molar-refractivity contribution in [2.45, 2.75) is 31.8 Å². The summed E-state index contributed by atoms with van der Waals surface area (Å²) in [7, 11) is 0. The summed E-state index contributed by atoms with van der Waals surface area (Å²) in [6.07, 6.45) is -14.8.